The zero-order chi connectivity index (χ0) is 23.8. The topological polar surface area (TPSA) is 52.9 Å². The minimum atomic E-state index is -4.88. The maximum Gasteiger partial charge on any atom is 0.435 e. The summed E-state index contributed by atoms with van der Waals surface area (Å²) in [7, 11) is 0. The van der Waals surface area contributed by atoms with E-state index < -0.39 is 35.2 Å². The second kappa shape index (κ2) is 8.50. The Morgan fingerprint density at radius 2 is 1.58 bits per heavy atom. The van der Waals surface area contributed by atoms with Crippen LogP contribution in [0.5, 0.6) is 0 Å². The Morgan fingerprint density at radius 3 is 2.24 bits per heavy atom. The van der Waals surface area contributed by atoms with Gasteiger partial charge < -0.3 is 10.0 Å². The number of halogens is 5. The summed E-state index contributed by atoms with van der Waals surface area (Å²) in [6, 6.07) is 14.8. The highest BCUT2D eigenvalue weighted by Crippen LogP contribution is 2.42. The van der Waals surface area contributed by atoms with E-state index in [0.29, 0.717) is 5.56 Å². The molecule has 0 saturated heterocycles. The summed E-state index contributed by atoms with van der Waals surface area (Å²) >= 11 is 0. The Morgan fingerprint density at radius 1 is 0.909 bits per heavy atom. The van der Waals surface area contributed by atoms with E-state index in [0.717, 1.165) is 18.3 Å². The molecule has 0 saturated carbocycles. The minimum Gasteiger partial charge on any atom is -0.478 e. The number of anilines is 1. The molecule has 33 heavy (non-hydrogen) atoms. The second-order valence-electron chi connectivity index (χ2n) is 7.11. The van der Waals surface area contributed by atoms with Gasteiger partial charge in [0.15, 0.2) is 17.3 Å². The van der Waals surface area contributed by atoms with Crippen molar-refractivity contribution in [1.82, 2.24) is 0 Å². The van der Waals surface area contributed by atoms with Crippen LogP contribution in [-0.4, -0.2) is 30.0 Å². The van der Waals surface area contributed by atoms with Crippen molar-refractivity contribution in [2.75, 3.05) is 11.4 Å². The van der Waals surface area contributed by atoms with Gasteiger partial charge in [-0.15, -0.1) is 0 Å². The summed E-state index contributed by atoms with van der Waals surface area (Å²) < 4.78 is 69.3. The normalized spacial score (nSPS) is 14.0. The molecule has 0 aromatic heterocycles. The molecule has 1 aliphatic rings. The Labute approximate surface area is 184 Å². The Kier molecular flexibility index (Phi) is 5.71. The molecule has 1 heterocycles. The summed E-state index contributed by atoms with van der Waals surface area (Å²) in [4.78, 5) is 16.6. The molecule has 9 heteroatoms. The van der Waals surface area contributed by atoms with Crippen molar-refractivity contribution in [3.63, 3.8) is 0 Å². The van der Waals surface area contributed by atoms with Crippen LogP contribution in [0.4, 0.5) is 27.6 Å². The molecule has 1 N–H and O–H groups in total. The molecule has 168 valence electrons. The smallest absolute Gasteiger partial charge is 0.435 e. The van der Waals surface area contributed by atoms with Crippen LogP contribution in [0.3, 0.4) is 0 Å². The molecule has 0 unspecified atom stereocenters. The fourth-order valence-corrected chi connectivity index (χ4v) is 3.69. The highest BCUT2D eigenvalue weighted by atomic mass is 19.4. The summed E-state index contributed by atoms with van der Waals surface area (Å²) in [5, 5.41) is 9.59. The molecule has 0 amide bonds. The second-order valence-corrected chi connectivity index (χ2v) is 7.11. The van der Waals surface area contributed by atoms with Gasteiger partial charge in [-0.05, 0) is 29.8 Å². The van der Waals surface area contributed by atoms with Gasteiger partial charge in [0.25, 0.3) is 0 Å². The number of aliphatic imine (C=N–C) groups is 1. The zero-order valence-corrected chi connectivity index (χ0v) is 16.8. The predicted octanol–water partition coefficient (Wildman–Crippen LogP) is 6.15. The number of carboxylic acids is 1. The molecular weight excluding hydrogens is 443 g/mol. The maximum absolute atomic E-state index is 14.0. The Bertz CT molecular complexity index is 1300. The first-order valence-electron chi connectivity index (χ1n) is 9.67. The third-order valence-corrected chi connectivity index (χ3v) is 5.09. The lowest BCUT2D eigenvalue weighted by Crippen LogP contribution is -2.32. The maximum atomic E-state index is 14.0. The highest BCUT2D eigenvalue weighted by molar-refractivity contribution is 6.00. The molecule has 1 aliphatic heterocycles. The van der Waals surface area contributed by atoms with Gasteiger partial charge in [-0.1, -0.05) is 42.5 Å². The molecule has 3 aromatic rings. The molecule has 4 rings (SSSR count). The number of benzene rings is 3. The number of rotatable bonds is 4. The number of nitrogens with zero attached hydrogens (tertiary/aromatic N) is 2. The van der Waals surface area contributed by atoms with Gasteiger partial charge in [0.2, 0.25) is 0 Å². The number of allylic oxidation sites excluding steroid dienone is 1. The van der Waals surface area contributed by atoms with E-state index in [1.54, 1.807) is 18.2 Å². The molecule has 0 bridgehead atoms. The van der Waals surface area contributed by atoms with E-state index in [1.807, 2.05) is 0 Å². The van der Waals surface area contributed by atoms with Crippen LogP contribution in [-0.2, 0) is 0 Å². The first-order valence-corrected chi connectivity index (χ1v) is 9.67. The van der Waals surface area contributed by atoms with Crippen LogP contribution in [0.25, 0.3) is 16.8 Å². The van der Waals surface area contributed by atoms with Gasteiger partial charge in [-0.2, -0.15) is 13.2 Å². The van der Waals surface area contributed by atoms with E-state index in [9.17, 15) is 31.9 Å². The average Bonchev–Trinajstić information content (AvgIpc) is 2.80. The van der Waals surface area contributed by atoms with E-state index >= 15 is 0 Å². The summed E-state index contributed by atoms with van der Waals surface area (Å²) in [5.74, 6) is -3.56. The van der Waals surface area contributed by atoms with Crippen molar-refractivity contribution in [3.05, 3.63) is 95.2 Å². The number of hydrogen-bond donors (Lipinski definition) is 1. The van der Waals surface area contributed by atoms with Gasteiger partial charge in [0.1, 0.15) is 0 Å². The van der Waals surface area contributed by atoms with E-state index in [1.165, 1.54) is 41.3 Å². The largest absolute Gasteiger partial charge is 0.478 e. The molecule has 0 spiro atoms. The molecule has 0 atom stereocenters. The van der Waals surface area contributed by atoms with Gasteiger partial charge in [-0.25, -0.2) is 13.6 Å². The van der Waals surface area contributed by atoms with Crippen LogP contribution < -0.4 is 4.90 Å². The molecule has 0 fully saturated rings. The molecular formula is C24H15F5N2O2. The van der Waals surface area contributed by atoms with Crippen molar-refractivity contribution in [3.8, 4) is 11.1 Å². The van der Waals surface area contributed by atoms with Gasteiger partial charge in [-0.3, -0.25) is 4.99 Å². The van der Waals surface area contributed by atoms with Gasteiger partial charge in [0.05, 0.1) is 17.8 Å². The van der Waals surface area contributed by atoms with Gasteiger partial charge >= 0.3 is 12.1 Å². The fraction of sp³-hybridized carbons (Fsp3) is 0.0833. The third kappa shape index (κ3) is 4.21. The number of carbonyl (C=O) groups is 1. The monoisotopic (exact) mass is 458 g/mol. The lowest BCUT2D eigenvalue weighted by molar-refractivity contribution is -0.0919. The Hall–Kier alpha value is -4.01. The predicted molar refractivity (Wildman–Crippen MR) is 114 cm³/mol. The molecule has 4 nitrogen and oxygen atoms in total. The van der Waals surface area contributed by atoms with Crippen LogP contribution >= 0.6 is 0 Å². The average molecular weight is 458 g/mol. The van der Waals surface area contributed by atoms with E-state index in [4.69, 9.17) is 0 Å². The van der Waals surface area contributed by atoms with Crippen LogP contribution in [0.2, 0.25) is 0 Å². The fourth-order valence-electron chi connectivity index (χ4n) is 3.69. The first kappa shape index (κ1) is 22.2. The summed E-state index contributed by atoms with van der Waals surface area (Å²) in [6.45, 7) is -0.108. The lowest BCUT2D eigenvalue weighted by Gasteiger charge is -2.33. The van der Waals surface area contributed by atoms with Crippen LogP contribution in [0.15, 0.2) is 77.4 Å². The third-order valence-electron chi connectivity index (χ3n) is 5.09. The lowest BCUT2D eigenvalue weighted by atomic mass is 9.97. The van der Waals surface area contributed by atoms with Crippen molar-refractivity contribution in [2.24, 2.45) is 4.99 Å². The summed E-state index contributed by atoms with van der Waals surface area (Å²) in [5.41, 5.74) is -1.40. The van der Waals surface area contributed by atoms with E-state index in [2.05, 4.69) is 4.99 Å². The number of para-hydroxylation sites is 1. The summed E-state index contributed by atoms with van der Waals surface area (Å²) in [6.07, 6.45) is -3.81. The molecule has 0 radical (unpaired) electrons. The SMILES string of the molecule is O=C(O)c1ccccc1C1=C(C(F)(F)F)N=CCN1c1ccccc1-c1ccc(F)c(F)c1. The van der Waals surface area contributed by atoms with Crippen molar-refractivity contribution in [1.29, 1.82) is 0 Å². The first-order chi connectivity index (χ1) is 15.7. The quantitative estimate of drug-likeness (QED) is 0.477. The Balaban J connectivity index is 1.99. The molecule has 3 aromatic carbocycles. The van der Waals surface area contributed by atoms with Crippen molar-refractivity contribution < 1.29 is 31.9 Å². The number of carboxylic acid groups (broad SMARTS) is 1. The zero-order valence-electron chi connectivity index (χ0n) is 16.8. The number of hydrogen-bond acceptors (Lipinski definition) is 3. The van der Waals surface area contributed by atoms with Crippen molar-refractivity contribution >= 4 is 23.6 Å². The molecule has 0 aliphatic carbocycles. The van der Waals surface area contributed by atoms with Crippen molar-refractivity contribution in [2.45, 2.75) is 6.18 Å². The van der Waals surface area contributed by atoms with Crippen LogP contribution in [0, 0.1) is 11.6 Å². The van der Waals surface area contributed by atoms with Crippen LogP contribution in [0.1, 0.15) is 15.9 Å². The number of aromatic carboxylic acids is 1. The highest BCUT2D eigenvalue weighted by Gasteiger charge is 2.41. The minimum absolute atomic E-state index is 0.108. The van der Waals surface area contributed by atoms with E-state index in [-0.39, 0.29) is 28.9 Å². The van der Waals surface area contributed by atoms with Gasteiger partial charge in [0, 0.05) is 23.0 Å². The number of alkyl halides is 3. The standard InChI is InChI=1S/C24H15F5N2O2/c25-18-10-9-14(13-19(18)26)15-5-3-4-8-20(15)31-12-11-30-22(24(27,28)29)21(31)16-6-1-2-7-17(16)23(32)33/h1-11,13H,12H2,(H,32,33).